The molecular weight excluding hydrogens is 352 g/mol. The van der Waals surface area contributed by atoms with Crippen LogP contribution in [0.3, 0.4) is 0 Å². The lowest BCUT2D eigenvalue weighted by molar-refractivity contribution is -0.145. The highest BCUT2D eigenvalue weighted by molar-refractivity contribution is 6.10. The molecule has 3 rings (SSSR count). The first-order valence-corrected chi connectivity index (χ1v) is 8.49. The number of aldehydes is 1. The van der Waals surface area contributed by atoms with E-state index in [1.165, 1.54) is 0 Å². The standard InChI is InChI=1S/C20H18O7/c1-3-24-17(22)11-26-14-7-5-12-9-16(20(23)25-4-2)27-15-8-6-13(10-21)19(14)18(12)15/h5-10H,3-4,11H2,1-2H3. The van der Waals surface area contributed by atoms with Crippen LogP contribution in [0.5, 0.6) is 11.5 Å². The Morgan fingerprint density at radius 2 is 1.81 bits per heavy atom. The quantitative estimate of drug-likeness (QED) is 0.547. The summed E-state index contributed by atoms with van der Waals surface area (Å²) in [5.41, 5.74) is 1.06. The van der Waals surface area contributed by atoms with E-state index in [2.05, 4.69) is 0 Å². The SMILES string of the molecule is CCOC(=O)COc1ccc2c3c(ccc(C=O)c13)OC(C(=O)OCC)=C2. The highest BCUT2D eigenvalue weighted by Crippen LogP contribution is 2.41. The summed E-state index contributed by atoms with van der Waals surface area (Å²) >= 11 is 0. The number of ether oxygens (including phenoxy) is 4. The highest BCUT2D eigenvalue weighted by atomic mass is 16.6. The molecule has 2 aromatic rings. The van der Waals surface area contributed by atoms with Gasteiger partial charge >= 0.3 is 11.9 Å². The molecular formula is C20H18O7. The lowest BCUT2D eigenvalue weighted by atomic mass is 9.96. The van der Waals surface area contributed by atoms with E-state index in [9.17, 15) is 14.4 Å². The molecule has 0 saturated heterocycles. The van der Waals surface area contributed by atoms with Gasteiger partial charge in [-0.05, 0) is 43.7 Å². The number of carbonyl (C=O) groups is 3. The van der Waals surface area contributed by atoms with Gasteiger partial charge < -0.3 is 18.9 Å². The van der Waals surface area contributed by atoms with Gasteiger partial charge in [0.1, 0.15) is 11.5 Å². The smallest absolute Gasteiger partial charge is 0.374 e. The molecule has 2 aromatic carbocycles. The molecule has 0 aromatic heterocycles. The van der Waals surface area contributed by atoms with Crippen LogP contribution in [-0.4, -0.2) is 38.0 Å². The Morgan fingerprint density at radius 1 is 1.04 bits per heavy atom. The number of carbonyl (C=O) groups excluding carboxylic acids is 3. The van der Waals surface area contributed by atoms with Gasteiger partial charge in [-0.25, -0.2) is 9.59 Å². The molecule has 0 saturated carbocycles. The van der Waals surface area contributed by atoms with Crippen molar-refractivity contribution in [3.8, 4) is 11.5 Å². The Kier molecular flexibility index (Phi) is 5.40. The van der Waals surface area contributed by atoms with Crippen molar-refractivity contribution in [3.05, 3.63) is 41.2 Å². The molecule has 0 unspecified atom stereocenters. The zero-order valence-electron chi connectivity index (χ0n) is 14.9. The molecule has 0 N–H and O–H groups in total. The predicted octanol–water partition coefficient (Wildman–Crippen LogP) is 2.89. The van der Waals surface area contributed by atoms with Gasteiger partial charge in [0.05, 0.1) is 13.2 Å². The minimum atomic E-state index is -0.571. The fourth-order valence-corrected chi connectivity index (χ4v) is 2.84. The van der Waals surface area contributed by atoms with E-state index in [1.54, 1.807) is 44.2 Å². The molecule has 0 amide bonds. The first-order valence-electron chi connectivity index (χ1n) is 8.49. The lowest BCUT2D eigenvalue weighted by Crippen LogP contribution is -2.16. The third-order valence-electron chi connectivity index (χ3n) is 3.91. The fraction of sp³-hybridized carbons (Fsp3) is 0.250. The molecule has 1 aliphatic heterocycles. The number of esters is 2. The van der Waals surface area contributed by atoms with Crippen molar-refractivity contribution in [1.82, 2.24) is 0 Å². The van der Waals surface area contributed by atoms with Crippen molar-refractivity contribution in [3.63, 3.8) is 0 Å². The highest BCUT2D eigenvalue weighted by Gasteiger charge is 2.24. The molecule has 7 nitrogen and oxygen atoms in total. The third kappa shape index (κ3) is 3.62. The molecule has 1 aliphatic rings. The summed E-state index contributed by atoms with van der Waals surface area (Å²) in [7, 11) is 0. The molecule has 0 radical (unpaired) electrons. The van der Waals surface area contributed by atoms with E-state index in [0.29, 0.717) is 39.7 Å². The van der Waals surface area contributed by atoms with Crippen molar-refractivity contribution in [2.45, 2.75) is 13.8 Å². The van der Waals surface area contributed by atoms with Crippen LogP contribution < -0.4 is 9.47 Å². The molecule has 0 fully saturated rings. The summed E-state index contributed by atoms with van der Waals surface area (Å²) < 4.78 is 21.1. The van der Waals surface area contributed by atoms with Gasteiger partial charge in [-0.1, -0.05) is 6.07 Å². The number of benzene rings is 2. The Bertz CT molecular complexity index is 943. The van der Waals surface area contributed by atoms with Crippen LogP contribution >= 0.6 is 0 Å². The van der Waals surface area contributed by atoms with Gasteiger partial charge in [-0.2, -0.15) is 0 Å². The number of rotatable bonds is 7. The first kappa shape index (κ1) is 18.4. The molecule has 0 spiro atoms. The van der Waals surface area contributed by atoms with Crippen molar-refractivity contribution in [2.75, 3.05) is 19.8 Å². The first-order chi connectivity index (χ1) is 13.1. The minimum absolute atomic E-state index is 0.0599. The van der Waals surface area contributed by atoms with Crippen LogP contribution in [-0.2, 0) is 19.1 Å². The van der Waals surface area contributed by atoms with E-state index in [1.807, 2.05) is 0 Å². The molecule has 0 atom stereocenters. The van der Waals surface area contributed by atoms with E-state index in [0.717, 1.165) is 0 Å². The van der Waals surface area contributed by atoms with Gasteiger partial charge in [0.25, 0.3) is 0 Å². The Hall–Kier alpha value is -3.35. The van der Waals surface area contributed by atoms with Crippen LogP contribution in [0.25, 0.3) is 16.8 Å². The molecule has 140 valence electrons. The van der Waals surface area contributed by atoms with Crippen LogP contribution in [0.4, 0.5) is 0 Å². The summed E-state index contributed by atoms with van der Waals surface area (Å²) in [6, 6.07) is 6.54. The molecule has 27 heavy (non-hydrogen) atoms. The van der Waals surface area contributed by atoms with Crippen molar-refractivity contribution in [1.29, 1.82) is 0 Å². The average molecular weight is 370 g/mol. The van der Waals surface area contributed by atoms with Crippen molar-refractivity contribution >= 4 is 35.1 Å². The molecule has 7 heteroatoms. The average Bonchev–Trinajstić information content (AvgIpc) is 2.67. The van der Waals surface area contributed by atoms with Crippen LogP contribution in [0.1, 0.15) is 29.8 Å². The van der Waals surface area contributed by atoms with Crippen molar-refractivity contribution < 1.29 is 33.3 Å². The molecule has 0 bridgehead atoms. The molecule has 1 heterocycles. The largest absolute Gasteiger partial charge is 0.481 e. The van der Waals surface area contributed by atoms with E-state index in [4.69, 9.17) is 18.9 Å². The summed E-state index contributed by atoms with van der Waals surface area (Å²) in [5.74, 6) is -0.269. The summed E-state index contributed by atoms with van der Waals surface area (Å²) in [4.78, 5) is 35.1. The fourth-order valence-electron chi connectivity index (χ4n) is 2.84. The molecule has 0 aliphatic carbocycles. The summed E-state index contributed by atoms with van der Waals surface area (Å²) in [6.45, 7) is 3.61. The van der Waals surface area contributed by atoms with Crippen LogP contribution in [0.15, 0.2) is 30.0 Å². The maximum atomic E-state index is 12.0. The second kappa shape index (κ2) is 7.90. The number of hydrogen-bond acceptors (Lipinski definition) is 7. The Labute approximate surface area is 155 Å². The second-order valence-corrected chi connectivity index (χ2v) is 5.60. The number of hydrogen-bond donors (Lipinski definition) is 0. The second-order valence-electron chi connectivity index (χ2n) is 5.60. The van der Waals surface area contributed by atoms with Gasteiger partial charge in [0.2, 0.25) is 5.76 Å². The Balaban J connectivity index is 2.07. The normalized spacial score (nSPS) is 12.0. The van der Waals surface area contributed by atoms with E-state index < -0.39 is 11.9 Å². The predicted molar refractivity (Wildman–Crippen MR) is 96.7 cm³/mol. The minimum Gasteiger partial charge on any atom is -0.481 e. The zero-order chi connectivity index (χ0) is 19.4. The lowest BCUT2D eigenvalue weighted by Gasteiger charge is -2.20. The maximum Gasteiger partial charge on any atom is 0.374 e. The summed E-state index contributed by atoms with van der Waals surface area (Å²) in [6.07, 6.45) is 2.25. The topological polar surface area (TPSA) is 88.1 Å². The van der Waals surface area contributed by atoms with Crippen LogP contribution in [0, 0.1) is 0 Å². The monoisotopic (exact) mass is 370 g/mol. The van der Waals surface area contributed by atoms with Crippen LogP contribution in [0.2, 0.25) is 0 Å². The third-order valence-corrected chi connectivity index (χ3v) is 3.91. The van der Waals surface area contributed by atoms with E-state index in [-0.39, 0.29) is 25.6 Å². The van der Waals surface area contributed by atoms with Gasteiger partial charge in [-0.3, -0.25) is 4.79 Å². The Morgan fingerprint density at radius 3 is 2.52 bits per heavy atom. The van der Waals surface area contributed by atoms with Gasteiger partial charge in [-0.15, -0.1) is 0 Å². The van der Waals surface area contributed by atoms with E-state index >= 15 is 0 Å². The van der Waals surface area contributed by atoms with Gasteiger partial charge in [0, 0.05) is 16.3 Å². The zero-order valence-corrected chi connectivity index (χ0v) is 14.9. The van der Waals surface area contributed by atoms with Gasteiger partial charge in [0.15, 0.2) is 12.9 Å². The maximum absolute atomic E-state index is 12.0. The van der Waals surface area contributed by atoms with Crippen molar-refractivity contribution in [2.24, 2.45) is 0 Å². The summed E-state index contributed by atoms with van der Waals surface area (Å²) in [5, 5.41) is 1.12.